The fourth-order valence-corrected chi connectivity index (χ4v) is 3.43. The second-order valence-electron chi connectivity index (χ2n) is 6.79. The quantitative estimate of drug-likeness (QED) is 0.426. The standard InChI is InChI=1S/C18H19ClN4O5/c1-3-28-17(25)18(2)8-9-21(11-18)14-10-20-22(16(24)15(14)19)12-4-6-13(7-5-12)23(26)27/h4-7,10H,3,8-9,11H2,1-2H3. The van der Waals surface area contributed by atoms with Crippen LogP contribution >= 0.6 is 11.6 Å². The summed E-state index contributed by atoms with van der Waals surface area (Å²) >= 11 is 6.30. The van der Waals surface area contributed by atoms with Crippen LogP contribution < -0.4 is 10.5 Å². The zero-order chi connectivity index (χ0) is 20.5. The molecule has 0 bridgehead atoms. The molecule has 2 aromatic rings. The van der Waals surface area contributed by atoms with Crippen molar-refractivity contribution in [2.45, 2.75) is 20.3 Å². The molecule has 1 aliphatic heterocycles. The Morgan fingerprint density at radius 3 is 2.68 bits per heavy atom. The van der Waals surface area contributed by atoms with E-state index in [4.69, 9.17) is 16.3 Å². The number of hydrogen-bond donors (Lipinski definition) is 0. The molecule has 1 aromatic heterocycles. The maximum Gasteiger partial charge on any atom is 0.313 e. The van der Waals surface area contributed by atoms with Crippen LogP contribution in [0.4, 0.5) is 11.4 Å². The number of rotatable bonds is 5. The van der Waals surface area contributed by atoms with E-state index in [1.165, 1.54) is 30.5 Å². The van der Waals surface area contributed by atoms with E-state index in [2.05, 4.69) is 5.10 Å². The van der Waals surface area contributed by atoms with Crippen molar-refractivity contribution in [1.29, 1.82) is 0 Å². The molecule has 3 rings (SSSR count). The molecule has 2 heterocycles. The van der Waals surface area contributed by atoms with Crippen LogP contribution in [0.2, 0.25) is 5.02 Å². The number of aromatic nitrogens is 2. The fraction of sp³-hybridized carbons (Fsp3) is 0.389. The Morgan fingerprint density at radius 2 is 2.07 bits per heavy atom. The van der Waals surface area contributed by atoms with Crippen molar-refractivity contribution in [2.24, 2.45) is 5.41 Å². The molecule has 1 atom stereocenters. The molecular weight excluding hydrogens is 388 g/mol. The normalized spacial score (nSPS) is 18.9. The number of halogens is 1. The van der Waals surface area contributed by atoms with Gasteiger partial charge in [-0.2, -0.15) is 9.78 Å². The van der Waals surface area contributed by atoms with E-state index in [1.54, 1.807) is 6.92 Å². The number of carbonyl (C=O) groups excluding carboxylic acids is 1. The van der Waals surface area contributed by atoms with Crippen molar-refractivity contribution in [3.05, 3.63) is 56.0 Å². The smallest absolute Gasteiger partial charge is 0.313 e. The largest absolute Gasteiger partial charge is 0.466 e. The summed E-state index contributed by atoms with van der Waals surface area (Å²) in [5.74, 6) is -0.277. The van der Waals surface area contributed by atoms with Crippen LogP contribution in [0, 0.1) is 15.5 Å². The number of nitrogens with zero attached hydrogens (tertiary/aromatic N) is 4. The Morgan fingerprint density at radius 1 is 1.39 bits per heavy atom. The van der Waals surface area contributed by atoms with Crippen LogP contribution in [-0.4, -0.2) is 40.4 Å². The Kier molecular flexibility index (Phi) is 5.37. The average molecular weight is 407 g/mol. The zero-order valence-electron chi connectivity index (χ0n) is 15.4. The van der Waals surface area contributed by atoms with Crippen LogP contribution in [0.1, 0.15) is 20.3 Å². The molecule has 9 nitrogen and oxygen atoms in total. The summed E-state index contributed by atoms with van der Waals surface area (Å²) in [5.41, 5.74) is -0.501. The summed E-state index contributed by atoms with van der Waals surface area (Å²) in [6.45, 7) is 4.80. The highest BCUT2D eigenvalue weighted by atomic mass is 35.5. The molecule has 1 saturated heterocycles. The Hall–Kier alpha value is -2.94. The molecule has 10 heteroatoms. The molecule has 0 spiro atoms. The molecule has 0 N–H and O–H groups in total. The number of esters is 1. The number of hydrogen-bond acceptors (Lipinski definition) is 7. The molecule has 1 aromatic carbocycles. The molecular formula is C18H19ClN4O5. The summed E-state index contributed by atoms with van der Waals surface area (Å²) in [6, 6.07) is 5.43. The Labute approximate surface area is 165 Å². The lowest BCUT2D eigenvalue weighted by Gasteiger charge is -2.24. The summed E-state index contributed by atoms with van der Waals surface area (Å²) in [6.07, 6.45) is 2.04. The summed E-state index contributed by atoms with van der Waals surface area (Å²) < 4.78 is 6.22. The average Bonchev–Trinajstić information content (AvgIpc) is 3.07. The molecule has 1 unspecified atom stereocenters. The highest BCUT2D eigenvalue weighted by molar-refractivity contribution is 6.33. The van der Waals surface area contributed by atoms with Gasteiger partial charge in [-0.1, -0.05) is 11.6 Å². The van der Waals surface area contributed by atoms with Crippen LogP contribution in [0.25, 0.3) is 5.69 Å². The maximum atomic E-state index is 12.7. The van der Waals surface area contributed by atoms with E-state index < -0.39 is 15.9 Å². The van der Waals surface area contributed by atoms with Gasteiger partial charge in [0, 0.05) is 25.2 Å². The number of ether oxygens (including phenoxy) is 1. The summed E-state index contributed by atoms with van der Waals surface area (Å²) in [5, 5.41) is 14.9. The number of non-ortho nitro benzene ring substituents is 1. The minimum absolute atomic E-state index is 0.0264. The van der Waals surface area contributed by atoms with Crippen molar-refractivity contribution >= 4 is 28.9 Å². The van der Waals surface area contributed by atoms with Gasteiger partial charge in [-0.05, 0) is 32.4 Å². The summed E-state index contributed by atoms with van der Waals surface area (Å²) in [4.78, 5) is 37.0. The van der Waals surface area contributed by atoms with Crippen LogP contribution in [-0.2, 0) is 9.53 Å². The van der Waals surface area contributed by atoms with Crippen molar-refractivity contribution in [3.8, 4) is 5.69 Å². The molecule has 0 radical (unpaired) electrons. The van der Waals surface area contributed by atoms with Gasteiger partial charge in [0.15, 0.2) is 0 Å². The number of carbonyl (C=O) groups is 1. The van der Waals surface area contributed by atoms with Gasteiger partial charge in [-0.25, -0.2) is 0 Å². The van der Waals surface area contributed by atoms with Gasteiger partial charge >= 0.3 is 5.97 Å². The Bertz CT molecular complexity index is 975. The second kappa shape index (κ2) is 7.59. The lowest BCUT2D eigenvalue weighted by molar-refractivity contribution is -0.384. The first-order valence-corrected chi connectivity index (χ1v) is 9.09. The van der Waals surface area contributed by atoms with Gasteiger partial charge in [0.25, 0.3) is 11.2 Å². The molecule has 0 saturated carbocycles. The van der Waals surface area contributed by atoms with Crippen molar-refractivity contribution in [1.82, 2.24) is 9.78 Å². The predicted molar refractivity (Wildman–Crippen MR) is 103 cm³/mol. The van der Waals surface area contributed by atoms with Gasteiger partial charge < -0.3 is 9.64 Å². The van der Waals surface area contributed by atoms with E-state index >= 15 is 0 Å². The Balaban J connectivity index is 1.88. The third kappa shape index (κ3) is 3.57. The van der Waals surface area contributed by atoms with E-state index in [0.29, 0.717) is 37.5 Å². The monoisotopic (exact) mass is 406 g/mol. The van der Waals surface area contributed by atoms with Gasteiger partial charge in [0.2, 0.25) is 0 Å². The molecule has 28 heavy (non-hydrogen) atoms. The lowest BCUT2D eigenvalue weighted by atomic mass is 9.90. The SMILES string of the molecule is CCOC(=O)C1(C)CCN(c2cnn(-c3ccc([N+](=O)[O-])cc3)c(=O)c2Cl)C1. The molecule has 1 fully saturated rings. The minimum Gasteiger partial charge on any atom is -0.466 e. The second-order valence-corrected chi connectivity index (χ2v) is 7.16. The minimum atomic E-state index is -0.674. The van der Waals surface area contributed by atoms with Gasteiger partial charge in [0.05, 0.1) is 34.5 Å². The maximum absolute atomic E-state index is 12.7. The third-order valence-corrected chi connectivity index (χ3v) is 5.14. The number of nitro groups is 1. The molecule has 0 amide bonds. The van der Waals surface area contributed by atoms with Crippen molar-refractivity contribution < 1.29 is 14.5 Å². The number of nitro benzene ring substituents is 1. The van der Waals surface area contributed by atoms with Crippen molar-refractivity contribution in [3.63, 3.8) is 0 Å². The first-order chi connectivity index (χ1) is 13.3. The predicted octanol–water partition coefficient (Wildman–Crippen LogP) is 2.57. The van der Waals surface area contributed by atoms with Gasteiger partial charge in [-0.3, -0.25) is 19.7 Å². The van der Waals surface area contributed by atoms with Crippen LogP contribution in [0.3, 0.4) is 0 Å². The molecule has 148 valence electrons. The lowest BCUT2D eigenvalue weighted by Crippen LogP contribution is -2.34. The first kappa shape index (κ1) is 19.8. The highest BCUT2D eigenvalue weighted by Gasteiger charge is 2.42. The molecule has 0 aliphatic carbocycles. The fourth-order valence-electron chi connectivity index (χ4n) is 3.18. The molecule has 1 aliphatic rings. The van der Waals surface area contributed by atoms with Crippen LogP contribution in [0.15, 0.2) is 35.3 Å². The zero-order valence-corrected chi connectivity index (χ0v) is 16.2. The van der Waals surface area contributed by atoms with E-state index in [9.17, 15) is 19.7 Å². The van der Waals surface area contributed by atoms with Gasteiger partial charge in [0.1, 0.15) is 5.02 Å². The van der Waals surface area contributed by atoms with Gasteiger partial charge in [-0.15, -0.1) is 0 Å². The third-order valence-electron chi connectivity index (χ3n) is 4.79. The summed E-state index contributed by atoms with van der Waals surface area (Å²) in [7, 11) is 0. The highest BCUT2D eigenvalue weighted by Crippen LogP contribution is 2.36. The van der Waals surface area contributed by atoms with Crippen LogP contribution in [0.5, 0.6) is 0 Å². The number of anilines is 1. The first-order valence-electron chi connectivity index (χ1n) is 8.71. The van der Waals surface area contributed by atoms with E-state index in [-0.39, 0.29) is 16.7 Å². The van der Waals surface area contributed by atoms with E-state index in [0.717, 1.165) is 4.68 Å². The topological polar surface area (TPSA) is 108 Å². The van der Waals surface area contributed by atoms with E-state index in [1.807, 2.05) is 11.8 Å². The van der Waals surface area contributed by atoms with Crippen molar-refractivity contribution in [2.75, 3.05) is 24.6 Å². The number of benzene rings is 1.